The lowest BCUT2D eigenvalue weighted by Gasteiger charge is -2.24. The van der Waals surface area contributed by atoms with Gasteiger partial charge in [-0.2, -0.15) is 5.10 Å². The molecule has 3 heterocycles. The first-order valence-corrected chi connectivity index (χ1v) is 9.97. The highest BCUT2D eigenvalue weighted by Gasteiger charge is 2.36. The molecule has 1 aromatic carbocycles. The van der Waals surface area contributed by atoms with Crippen LogP contribution in [0.25, 0.3) is 10.9 Å². The summed E-state index contributed by atoms with van der Waals surface area (Å²) in [6.45, 7) is 3.69. The summed E-state index contributed by atoms with van der Waals surface area (Å²) >= 11 is 6.58. The predicted octanol–water partition coefficient (Wildman–Crippen LogP) is 4.83. The predicted molar refractivity (Wildman–Crippen MR) is 114 cm³/mol. The molecule has 3 aromatic rings. The number of pyridine rings is 1. The SMILES string of the molecule is COc1cc2cc([C@@H]3CC(c4ccco4)=NN3C(=O)C(C)C)c(Cl)nc2cc1OC. The monoisotopic (exact) mass is 427 g/mol. The summed E-state index contributed by atoms with van der Waals surface area (Å²) in [5.41, 5.74) is 2.09. The number of aromatic nitrogens is 1. The van der Waals surface area contributed by atoms with Crippen molar-refractivity contribution in [1.29, 1.82) is 0 Å². The van der Waals surface area contributed by atoms with E-state index in [1.807, 2.05) is 32.0 Å². The number of fused-ring (bicyclic) bond motifs is 1. The number of hydrogen-bond donors (Lipinski definition) is 0. The second-order valence-electron chi connectivity index (χ2n) is 7.35. The zero-order valence-corrected chi connectivity index (χ0v) is 17.9. The Balaban J connectivity index is 1.80. The number of hydrazone groups is 1. The van der Waals surface area contributed by atoms with Crippen LogP contribution in [0.2, 0.25) is 5.15 Å². The number of nitrogens with zero attached hydrogens (tertiary/aromatic N) is 3. The maximum atomic E-state index is 12.9. The summed E-state index contributed by atoms with van der Waals surface area (Å²) in [6, 6.07) is 8.80. The van der Waals surface area contributed by atoms with Crippen LogP contribution in [0.4, 0.5) is 0 Å². The summed E-state index contributed by atoms with van der Waals surface area (Å²) in [6.07, 6.45) is 2.07. The topological polar surface area (TPSA) is 77.2 Å². The van der Waals surface area contributed by atoms with E-state index in [2.05, 4.69) is 10.1 Å². The van der Waals surface area contributed by atoms with Crippen LogP contribution < -0.4 is 9.47 Å². The van der Waals surface area contributed by atoms with Gasteiger partial charge in [0.15, 0.2) is 11.5 Å². The Morgan fingerprint density at radius 3 is 2.60 bits per heavy atom. The van der Waals surface area contributed by atoms with Crippen molar-refractivity contribution < 1.29 is 18.7 Å². The summed E-state index contributed by atoms with van der Waals surface area (Å²) in [5.74, 6) is 1.49. The van der Waals surface area contributed by atoms with E-state index in [0.717, 1.165) is 10.9 Å². The number of hydrogen-bond acceptors (Lipinski definition) is 6. The highest BCUT2D eigenvalue weighted by atomic mass is 35.5. The third-order valence-electron chi connectivity index (χ3n) is 5.10. The number of carbonyl (C=O) groups is 1. The Morgan fingerprint density at radius 1 is 1.23 bits per heavy atom. The molecule has 1 amide bonds. The van der Waals surface area contributed by atoms with Gasteiger partial charge >= 0.3 is 0 Å². The van der Waals surface area contributed by atoms with E-state index in [9.17, 15) is 4.79 Å². The minimum Gasteiger partial charge on any atom is -0.493 e. The third kappa shape index (κ3) is 3.50. The lowest BCUT2D eigenvalue weighted by molar-refractivity contribution is -0.136. The molecule has 30 heavy (non-hydrogen) atoms. The van der Waals surface area contributed by atoms with Gasteiger partial charge < -0.3 is 13.9 Å². The van der Waals surface area contributed by atoms with Gasteiger partial charge in [-0.25, -0.2) is 9.99 Å². The van der Waals surface area contributed by atoms with Gasteiger partial charge in [0.05, 0.1) is 32.0 Å². The van der Waals surface area contributed by atoms with Crippen LogP contribution in [0.1, 0.15) is 37.6 Å². The molecule has 4 rings (SSSR count). The molecule has 0 saturated heterocycles. The van der Waals surface area contributed by atoms with Crippen molar-refractivity contribution in [2.45, 2.75) is 26.3 Å². The highest BCUT2D eigenvalue weighted by Crippen LogP contribution is 2.39. The van der Waals surface area contributed by atoms with Gasteiger partial charge in [-0.15, -0.1) is 0 Å². The van der Waals surface area contributed by atoms with Crippen LogP contribution in [0.3, 0.4) is 0 Å². The molecule has 1 atom stereocenters. The number of amides is 1. The molecule has 1 aliphatic heterocycles. The number of halogens is 1. The van der Waals surface area contributed by atoms with E-state index in [0.29, 0.717) is 40.1 Å². The van der Waals surface area contributed by atoms with E-state index in [1.54, 1.807) is 32.6 Å². The van der Waals surface area contributed by atoms with Crippen LogP contribution in [0.15, 0.2) is 46.1 Å². The molecule has 156 valence electrons. The van der Waals surface area contributed by atoms with E-state index in [4.69, 9.17) is 25.5 Å². The zero-order valence-electron chi connectivity index (χ0n) is 17.2. The van der Waals surface area contributed by atoms with Crippen molar-refractivity contribution in [2.75, 3.05) is 14.2 Å². The number of ether oxygens (including phenoxy) is 2. The average molecular weight is 428 g/mol. The van der Waals surface area contributed by atoms with Crippen molar-refractivity contribution in [2.24, 2.45) is 11.0 Å². The smallest absolute Gasteiger partial charge is 0.245 e. The molecular formula is C22H22ClN3O4. The van der Waals surface area contributed by atoms with E-state index in [1.165, 1.54) is 5.01 Å². The second kappa shape index (κ2) is 7.99. The van der Waals surface area contributed by atoms with Gasteiger partial charge in [0.25, 0.3) is 0 Å². The van der Waals surface area contributed by atoms with Gasteiger partial charge in [0, 0.05) is 29.4 Å². The molecule has 0 unspecified atom stereocenters. The number of methoxy groups -OCH3 is 2. The molecule has 7 nitrogen and oxygen atoms in total. The Bertz CT molecular complexity index is 1130. The maximum Gasteiger partial charge on any atom is 0.245 e. The first-order valence-electron chi connectivity index (χ1n) is 9.59. The number of carbonyl (C=O) groups excluding carboxylic acids is 1. The van der Waals surface area contributed by atoms with Gasteiger partial charge in [0.1, 0.15) is 16.6 Å². The summed E-state index contributed by atoms with van der Waals surface area (Å²) in [4.78, 5) is 17.4. The molecule has 0 bridgehead atoms. The molecule has 1 aliphatic rings. The Morgan fingerprint density at radius 2 is 1.97 bits per heavy atom. The molecular weight excluding hydrogens is 406 g/mol. The third-order valence-corrected chi connectivity index (χ3v) is 5.40. The van der Waals surface area contributed by atoms with Crippen molar-refractivity contribution in [3.63, 3.8) is 0 Å². The molecule has 0 saturated carbocycles. The normalized spacial score (nSPS) is 16.3. The Hall–Kier alpha value is -3.06. The van der Waals surface area contributed by atoms with Gasteiger partial charge in [-0.1, -0.05) is 25.4 Å². The standard InChI is InChI=1S/C22H22ClN3O4/c1-12(2)22(27)26-17(10-16(25-26)18-6-5-7-30-18)14-8-13-9-19(28-3)20(29-4)11-15(13)24-21(14)23/h5-9,11-12,17H,10H2,1-4H3/t17-/m0/s1. The molecule has 0 spiro atoms. The Kier molecular flexibility index (Phi) is 5.39. The van der Waals surface area contributed by atoms with Crippen molar-refractivity contribution >= 4 is 34.1 Å². The average Bonchev–Trinajstić information content (AvgIpc) is 3.41. The minimum absolute atomic E-state index is 0.0926. The summed E-state index contributed by atoms with van der Waals surface area (Å²) in [7, 11) is 3.15. The molecule has 0 aliphatic carbocycles. The van der Waals surface area contributed by atoms with Crippen LogP contribution in [0, 0.1) is 5.92 Å². The molecule has 0 fully saturated rings. The van der Waals surface area contributed by atoms with Crippen LogP contribution in [-0.2, 0) is 4.79 Å². The second-order valence-corrected chi connectivity index (χ2v) is 7.71. The fraction of sp³-hybridized carbons (Fsp3) is 0.318. The Labute approximate surface area is 179 Å². The quantitative estimate of drug-likeness (QED) is 0.545. The number of benzene rings is 1. The van der Waals surface area contributed by atoms with E-state index >= 15 is 0 Å². The fourth-order valence-electron chi connectivity index (χ4n) is 3.54. The van der Waals surface area contributed by atoms with E-state index in [-0.39, 0.29) is 17.9 Å². The van der Waals surface area contributed by atoms with E-state index < -0.39 is 0 Å². The molecule has 0 radical (unpaired) electrons. The largest absolute Gasteiger partial charge is 0.493 e. The van der Waals surface area contributed by atoms with Crippen molar-refractivity contribution in [3.8, 4) is 11.5 Å². The first-order chi connectivity index (χ1) is 14.4. The first kappa shape index (κ1) is 20.2. The van der Waals surface area contributed by atoms with Crippen molar-refractivity contribution in [3.05, 3.63) is 53.1 Å². The summed E-state index contributed by atoms with van der Waals surface area (Å²) < 4.78 is 16.3. The van der Waals surface area contributed by atoms with Gasteiger partial charge in [0.2, 0.25) is 5.91 Å². The number of furan rings is 1. The lowest BCUT2D eigenvalue weighted by Crippen LogP contribution is -2.30. The van der Waals surface area contributed by atoms with Crippen LogP contribution >= 0.6 is 11.6 Å². The zero-order chi connectivity index (χ0) is 21.4. The summed E-state index contributed by atoms with van der Waals surface area (Å²) in [5, 5.41) is 7.21. The fourth-order valence-corrected chi connectivity index (χ4v) is 3.81. The van der Waals surface area contributed by atoms with Gasteiger partial charge in [-0.05, 0) is 24.3 Å². The highest BCUT2D eigenvalue weighted by molar-refractivity contribution is 6.30. The lowest BCUT2D eigenvalue weighted by atomic mass is 10.00. The van der Waals surface area contributed by atoms with Crippen LogP contribution in [0.5, 0.6) is 11.5 Å². The molecule has 0 N–H and O–H groups in total. The number of rotatable bonds is 5. The maximum absolute atomic E-state index is 12.9. The van der Waals surface area contributed by atoms with Crippen LogP contribution in [-0.4, -0.2) is 35.8 Å². The van der Waals surface area contributed by atoms with Gasteiger partial charge in [-0.3, -0.25) is 4.79 Å². The molecule has 8 heteroatoms. The molecule has 2 aromatic heterocycles. The minimum atomic E-state index is -0.377. The van der Waals surface area contributed by atoms with Crippen molar-refractivity contribution in [1.82, 2.24) is 9.99 Å².